The molecule has 0 saturated heterocycles. The van der Waals surface area contributed by atoms with Crippen molar-refractivity contribution in [1.29, 1.82) is 0 Å². The van der Waals surface area contributed by atoms with Crippen molar-refractivity contribution in [2.24, 2.45) is 0 Å². The van der Waals surface area contributed by atoms with Crippen molar-refractivity contribution in [3.8, 4) is 0 Å². The maximum Gasteiger partial charge on any atom is 0.338 e. The predicted molar refractivity (Wildman–Crippen MR) is 110 cm³/mol. The summed E-state index contributed by atoms with van der Waals surface area (Å²) in [7, 11) is -4.15. The Morgan fingerprint density at radius 3 is 2.38 bits per heavy atom. The minimum atomic E-state index is -4.15. The zero-order chi connectivity index (χ0) is 21.3. The van der Waals surface area contributed by atoms with Gasteiger partial charge in [0.2, 0.25) is 5.95 Å². The summed E-state index contributed by atoms with van der Waals surface area (Å²) in [6, 6.07) is 10.7. The van der Waals surface area contributed by atoms with Gasteiger partial charge in [-0.25, -0.2) is 17.2 Å². The molecule has 3 rings (SSSR count). The number of hydrogen-bond acceptors (Lipinski definition) is 4. The van der Waals surface area contributed by atoms with Crippen molar-refractivity contribution >= 4 is 26.9 Å². The number of aromatic nitrogens is 1. The van der Waals surface area contributed by atoms with Crippen LogP contribution < -0.4 is 0 Å². The Hall–Kier alpha value is -2.67. The van der Waals surface area contributed by atoms with Gasteiger partial charge in [0.25, 0.3) is 10.0 Å². The van der Waals surface area contributed by atoms with Crippen LogP contribution in [0, 0.1) is 12.9 Å². The molecule has 0 aliphatic rings. The Morgan fingerprint density at radius 2 is 1.79 bits per heavy atom. The van der Waals surface area contributed by atoms with Crippen LogP contribution in [0.25, 0.3) is 10.9 Å². The van der Waals surface area contributed by atoms with Crippen molar-refractivity contribution in [1.82, 2.24) is 3.97 Å². The molecular weight excluding hydrogens is 393 g/mol. The first-order chi connectivity index (χ1) is 13.7. The zero-order valence-corrected chi connectivity index (χ0v) is 17.7. The summed E-state index contributed by atoms with van der Waals surface area (Å²) in [5.41, 5.74) is 1.64. The third-order valence-electron chi connectivity index (χ3n) is 5.08. The molecule has 0 aliphatic heterocycles. The number of aryl methyl sites for hydroxylation is 1. The summed E-state index contributed by atoms with van der Waals surface area (Å²) in [5.74, 6) is -1.58. The van der Waals surface area contributed by atoms with Gasteiger partial charge >= 0.3 is 5.97 Å². The average Bonchev–Trinajstić information content (AvgIpc) is 2.99. The van der Waals surface area contributed by atoms with Gasteiger partial charge in [0.15, 0.2) is 0 Å². The standard InChI is InChI=1S/C22H24FNO4S/c1-5-15(4)20-18-13-16(22(25)28-6-2)9-12-19(18)24(21(20)23)29(26,27)17-10-7-14(3)8-11-17/h7-13,15H,5-6H2,1-4H3. The molecule has 1 heterocycles. The molecule has 0 aliphatic carbocycles. The fraction of sp³-hybridized carbons (Fsp3) is 0.318. The Bertz CT molecular complexity index is 1160. The van der Waals surface area contributed by atoms with Crippen LogP contribution in [0.1, 0.15) is 54.6 Å². The van der Waals surface area contributed by atoms with E-state index in [4.69, 9.17) is 4.74 Å². The van der Waals surface area contributed by atoms with Gasteiger partial charge in [-0.3, -0.25) is 0 Å². The van der Waals surface area contributed by atoms with Gasteiger partial charge in [-0.2, -0.15) is 4.39 Å². The molecule has 154 valence electrons. The van der Waals surface area contributed by atoms with E-state index in [2.05, 4.69) is 0 Å². The fourth-order valence-electron chi connectivity index (χ4n) is 3.32. The molecule has 29 heavy (non-hydrogen) atoms. The second kappa shape index (κ2) is 7.99. The third kappa shape index (κ3) is 3.67. The van der Waals surface area contributed by atoms with E-state index in [1.165, 1.54) is 30.3 Å². The average molecular weight is 418 g/mol. The molecule has 1 aromatic heterocycles. The fourth-order valence-corrected chi connectivity index (χ4v) is 4.74. The van der Waals surface area contributed by atoms with Crippen LogP contribution in [0.15, 0.2) is 47.4 Å². The minimum absolute atomic E-state index is 0.00377. The lowest BCUT2D eigenvalue weighted by Crippen LogP contribution is -2.15. The highest BCUT2D eigenvalue weighted by atomic mass is 32.2. The second-order valence-corrected chi connectivity index (χ2v) is 8.84. The van der Waals surface area contributed by atoms with Crippen molar-refractivity contribution in [2.75, 3.05) is 6.61 Å². The van der Waals surface area contributed by atoms with Crippen LogP contribution in [-0.4, -0.2) is 25.0 Å². The van der Waals surface area contributed by atoms with Gasteiger partial charge in [0.1, 0.15) is 0 Å². The maximum absolute atomic E-state index is 15.5. The van der Waals surface area contributed by atoms with Crippen LogP contribution in [0.4, 0.5) is 4.39 Å². The highest BCUT2D eigenvalue weighted by Crippen LogP contribution is 2.35. The smallest absolute Gasteiger partial charge is 0.338 e. The second-order valence-electron chi connectivity index (χ2n) is 7.05. The Balaban J connectivity index is 2.31. The molecule has 0 saturated carbocycles. The van der Waals surface area contributed by atoms with E-state index in [9.17, 15) is 13.2 Å². The van der Waals surface area contributed by atoms with Gasteiger partial charge in [-0.05, 0) is 56.5 Å². The molecular formula is C22H24FNO4S. The van der Waals surface area contributed by atoms with Gasteiger partial charge in [0, 0.05) is 10.9 Å². The first-order valence-corrected chi connectivity index (χ1v) is 11.0. The SMILES string of the molecule is CCOC(=O)c1ccc2c(c1)c(C(C)CC)c(F)n2S(=O)(=O)c1ccc(C)cc1. The van der Waals surface area contributed by atoms with Crippen LogP contribution in [-0.2, 0) is 14.8 Å². The quantitative estimate of drug-likeness (QED) is 0.529. The number of rotatable bonds is 6. The molecule has 0 amide bonds. The molecule has 7 heteroatoms. The van der Waals surface area contributed by atoms with Crippen molar-refractivity contribution in [2.45, 2.75) is 44.9 Å². The molecule has 5 nitrogen and oxygen atoms in total. The van der Waals surface area contributed by atoms with E-state index < -0.39 is 21.9 Å². The van der Waals surface area contributed by atoms with Crippen molar-refractivity contribution in [3.05, 3.63) is 65.1 Å². The summed E-state index contributed by atoms with van der Waals surface area (Å²) in [6.07, 6.45) is 0.615. The van der Waals surface area contributed by atoms with E-state index >= 15 is 4.39 Å². The maximum atomic E-state index is 15.5. The van der Waals surface area contributed by atoms with Gasteiger partial charge in [0.05, 0.1) is 22.6 Å². The normalized spacial score (nSPS) is 12.9. The molecule has 0 fully saturated rings. The molecule has 1 atom stereocenters. The van der Waals surface area contributed by atoms with Gasteiger partial charge in [-0.1, -0.05) is 31.5 Å². The molecule has 0 N–H and O–H groups in total. The van der Waals surface area contributed by atoms with Crippen LogP contribution in [0.5, 0.6) is 0 Å². The topological polar surface area (TPSA) is 65.4 Å². The lowest BCUT2D eigenvalue weighted by atomic mass is 9.97. The van der Waals surface area contributed by atoms with Gasteiger partial charge < -0.3 is 4.74 Å². The predicted octanol–water partition coefficient (Wildman–Crippen LogP) is 5.02. The lowest BCUT2D eigenvalue weighted by Gasteiger charge is -2.10. The van der Waals surface area contributed by atoms with Crippen LogP contribution in [0.3, 0.4) is 0 Å². The van der Waals surface area contributed by atoms with Crippen LogP contribution in [0.2, 0.25) is 0 Å². The number of benzene rings is 2. The highest BCUT2D eigenvalue weighted by Gasteiger charge is 2.29. The molecule has 1 unspecified atom stereocenters. The first-order valence-electron chi connectivity index (χ1n) is 9.55. The molecule has 0 spiro atoms. The lowest BCUT2D eigenvalue weighted by molar-refractivity contribution is 0.0526. The largest absolute Gasteiger partial charge is 0.462 e. The molecule has 2 aromatic carbocycles. The zero-order valence-electron chi connectivity index (χ0n) is 16.9. The Kier molecular flexibility index (Phi) is 5.80. The number of halogens is 1. The summed E-state index contributed by atoms with van der Waals surface area (Å²) in [4.78, 5) is 12.1. The number of fused-ring (bicyclic) bond motifs is 1. The molecule has 0 bridgehead atoms. The van der Waals surface area contributed by atoms with E-state index in [0.29, 0.717) is 11.8 Å². The van der Waals surface area contributed by atoms with Gasteiger partial charge in [-0.15, -0.1) is 0 Å². The monoisotopic (exact) mass is 417 g/mol. The summed E-state index contributed by atoms with van der Waals surface area (Å²) < 4.78 is 47.8. The van der Waals surface area contributed by atoms with Crippen molar-refractivity contribution < 1.29 is 22.3 Å². The molecule has 3 aromatic rings. The van der Waals surface area contributed by atoms with E-state index in [-0.39, 0.29) is 34.1 Å². The number of nitrogens with zero attached hydrogens (tertiary/aromatic N) is 1. The van der Waals surface area contributed by atoms with Crippen molar-refractivity contribution in [3.63, 3.8) is 0 Å². The number of carbonyl (C=O) groups excluding carboxylic acids is 1. The number of ether oxygens (including phenoxy) is 1. The number of carbonyl (C=O) groups is 1. The third-order valence-corrected chi connectivity index (χ3v) is 6.79. The Labute approximate surface area is 170 Å². The Morgan fingerprint density at radius 1 is 1.14 bits per heavy atom. The van der Waals surface area contributed by atoms with Crippen LogP contribution >= 0.6 is 0 Å². The minimum Gasteiger partial charge on any atom is -0.462 e. The number of esters is 1. The van der Waals surface area contributed by atoms with E-state index in [1.54, 1.807) is 19.1 Å². The first kappa shape index (κ1) is 21.0. The summed E-state index contributed by atoms with van der Waals surface area (Å²) in [6.45, 7) is 7.49. The summed E-state index contributed by atoms with van der Waals surface area (Å²) >= 11 is 0. The van der Waals surface area contributed by atoms with E-state index in [0.717, 1.165) is 9.54 Å². The highest BCUT2D eigenvalue weighted by molar-refractivity contribution is 7.90. The summed E-state index contributed by atoms with van der Waals surface area (Å²) in [5, 5.41) is 0.401. The van der Waals surface area contributed by atoms with E-state index in [1.807, 2.05) is 20.8 Å². The number of hydrogen-bond donors (Lipinski definition) is 0. The molecule has 0 radical (unpaired) electrons.